The van der Waals surface area contributed by atoms with Crippen LogP contribution in [0, 0.1) is 0 Å². The summed E-state index contributed by atoms with van der Waals surface area (Å²) >= 11 is 0. The molecule has 0 heterocycles. The maximum absolute atomic E-state index is 9.12. The summed E-state index contributed by atoms with van der Waals surface area (Å²) in [6.45, 7) is 5.08. The maximum Gasteiger partial charge on any atom is 0.0636 e. The molecule has 0 unspecified atom stereocenters. The Balaban J connectivity index is 1.82. The summed E-state index contributed by atoms with van der Waals surface area (Å²) in [7, 11) is 0. The highest BCUT2D eigenvalue weighted by atomic mass is 16.3. The number of nitrogens with one attached hydrogen (secondary N) is 2. The van der Waals surface area contributed by atoms with Gasteiger partial charge in [-0.05, 0) is 23.3 Å². The lowest BCUT2D eigenvalue weighted by atomic mass is 10.0. The van der Waals surface area contributed by atoms with Gasteiger partial charge in [0.25, 0.3) is 0 Å². The Morgan fingerprint density at radius 3 is 2.58 bits per heavy atom. The van der Waals surface area contributed by atoms with Gasteiger partial charge in [-0.25, -0.2) is 0 Å². The highest BCUT2D eigenvalue weighted by Gasteiger charge is 1.99. The van der Waals surface area contributed by atoms with Crippen molar-refractivity contribution in [1.29, 1.82) is 0 Å². The van der Waals surface area contributed by atoms with E-state index in [1.165, 1.54) is 16.3 Å². The standard InChI is InChI=1S/C16H22N2O/c1-13(19)11-17-9-10-18-12-15-7-4-6-14-5-2-3-8-16(14)15/h2-8,13,17-19H,9-12H2,1H3/t13-/m0/s1. The third-order valence-corrected chi connectivity index (χ3v) is 3.11. The van der Waals surface area contributed by atoms with Gasteiger partial charge >= 0.3 is 0 Å². The molecule has 0 fully saturated rings. The second-order valence-electron chi connectivity index (χ2n) is 4.87. The molecule has 0 bridgehead atoms. The monoisotopic (exact) mass is 258 g/mol. The molecule has 3 N–H and O–H groups in total. The van der Waals surface area contributed by atoms with Crippen LogP contribution in [0.4, 0.5) is 0 Å². The third-order valence-electron chi connectivity index (χ3n) is 3.11. The zero-order valence-corrected chi connectivity index (χ0v) is 11.4. The van der Waals surface area contributed by atoms with E-state index in [0.29, 0.717) is 6.54 Å². The number of aliphatic hydroxyl groups excluding tert-OH is 1. The van der Waals surface area contributed by atoms with Crippen LogP contribution >= 0.6 is 0 Å². The fraction of sp³-hybridized carbons (Fsp3) is 0.375. The van der Waals surface area contributed by atoms with Crippen molar-refractivity contribution in [2.75, 3.05) is 19.6 Å². The lowest BCUT2D eigenvalue weighted by Crippen LogP contribution is -2.31. The van der Waals surface area contributed by atoms with Crippen molar-refractivity contribution >= 4 is 10.8 Å². The van der Waals surface area contributed by atoms with Gasteiger partial charge < -0.3 is 15.7 Å². The predicted octanol–water partition coefficient (Wildman–Crippen LogP) is 1.90. The molecular formula is C16H22N2O. The molecule has 0 saturated heterocycles. The summed E-state index contributed by atoms with van der Waals surface area (Å²) in [6.07, 6.45) is -0.280. The second kappa shape index (κ2) is 7.24. The van der Waals surface area contributed by atoms with E-state index in [0.717, 1.165) is 19.6 Å². The van der Waals surface area contributed by atoms with E-state index in [9.17, 15) is 0 Å². The molecule has 1 atom stereocenters. The average Bonchev–Trinajstić information content (AvgIpc) is 2.42. The van der Waals surface area contributed by atoms with E-state index >= 15 is 0 Å². The molecule has 102 valence electrons. The first-order chi connectivity index (χ1) is 9.27. The third kappa shape index (κ3) is 4.31. The molecule has 19 heavy (non-hydrogen) atoms. The van der Waals surface area contributed by atoms with Gasteiger partial charge in [0.15, 0.2) is 0 Å². The smallest absolute Gasteiger partial charge is 0.0636 e. The largest absolute Gasteiger partial charge is 0.392 e. The van der Waals surface area contributed by atoms with Crippen molar-refractivity contribution in [3.8, 4) is 0 Å². The van der Waals surface area contributed by atoms with Crippen molar-refractivity contribution in [2.45, 2.75) is 19.6 Å². The van der Waals surface area contributed by atoms with Crippen molar-refractivity contribution in [1.82, 2.24) is 10.6 Å². The highest BCUT2D eigenvalue weighted by molar-refractivity contribution is 5.85. The van der Waals surface area contributed by atoms with Gasteiger partial charge in [-0.2, -0.15) is 0 Å². The first-order valence-electron chi connectivity index (χ1n) is 6.83. The van der Waals surface area contributed by atoms with Crippen LogP contribution in [-0.2, 0) is 6.54 Å². The first-order valence-corrected chi connectivity index (χ1v) is 6.83. The van der Waals surface area contributed by atoms with E-state index in [1.807, 2.05) is 0 Å². The molecule has 0 saturated carbocycles. The van der Waals surface area contributed by atoms with Crippen LogP contribution in [0.25, 0.3) is 10.8 Å². The zero-order chi connectivity index (χ0) is 13.5. The molecule has 0 amide bonds. The van der Waals surface area contributed by atoms with Crippen molar-refractivity contribution < 1.29 is 5.11 Å². The summed E-state index contributed by atoms with van der Waals surface area (Å²) < 4.78 is 0. The Kier molecular flexibility index (Phi) is 5.33. The van der Waals surface area contributed by atoms with Gasteiger partial charge in [-0.3, -0.25) is 0 Å². The molecule has 0 aliphatic heterocycles. The van der Waals surface area contributed by atoms with Gasteiger partial charge in [-0.1, -0.05) is 42.5 Å². The van der Waals surface area contributed by atoms with Gasteiger partial charge in [0.05, 0.1) is 6.10 Å². The summed E-state index contributed by atoms with van der Waals surface area (Å²) in [4.78, 5) is 0. The molecule has 0 aliphatic rings. The van der Waals surface area contributed by atoms with Crippen LogP contribution in [0.2, 0.25) is 0 Å². The minimum Gasteiger partial charge on any atom is -0.392 e. The fourth-order valence-corrected chi connectivity index (χ4v) is 2.16. The SMILES string of the molecule is C[C@H](O)CNCCNCc1cccc2ccccc12. The molecule has 0 aliphatic carbocycles. The van der Waals surface area contributed by atoms with E-state index in [2.05, 4.69) is 53.1 Å². The van der Waals surface area contributed by atoms with Crippen LogP contribution in [0.3, 0.4) is 0 Å². The number of rotatable bonds is 7. The summed E-state index contributed by atoms with van der Waals surface area (Å²) in [5, 5.41) is 18.3. The predicted molar refractivity (Wildman–Crippen MR) is 80.2 cm³/mol. The molecule has 2 rings (SSSR count). The van der Waals surface area contributed by atoms with Gasteiger partial charge in [0, 0.05) is 26.2 Å². The van der Waals surface area contributed by atoms with Crippen LogP contribution in [0.1, 0.15) is 12.5 Å². The molecule has 3 nitrogen and oxygen atoms in total. The molecule has 0 aromatic heterocycles. The van der Waals surface area contributed by atoms with Gasteiger partial charge in [0.1, 0.15) is 0 Å². The number of hydrogen-bond acceptors (Lipinski definition) is 3. The molecular weight excluding hydrogens is 236 g/mol. The summed E-state index contributed by atoms with van der Waals surface area (Å²) in [5.41, 5.74) is 1.33. The number of aliphatic hydroxyl groups is 1. The highest BCUT2D eigenvalue weighted by Crippen LogP contribution is 2.17. The summed E-state index contributed by atoms with van der Waals surface area (Å²) in [5.74, 6) is 0. The number of fused-ring (bicyclic) bond motifs is 1. The summed E-state index contributed by atoms with van der Waals surface area (Å²) in [6, 6.07) is 14.9. The van der Waals surface area contributed by atoms with Crippen molar-refractivity contribution in [3.05, 3.63) is 48.0 Å². The van der Waals surface area contributed by atoms with Gasteiger partial charge in [-0.15, -0.1) is 0 Å². The van der Waals surface area contributed by atoms with Crippen LogP contribution in [0.15, 0.2) is 42.5 Å². The molecule has 0 spiro atoms. The lowest BCUT2D eigenvalue weighted by Gasteiger charge is -2.10. The second-order valence-corrected chi connectivity index (χ2v) is 4.87. The zero-order valence-electron chi connectivity index (χ0n) is 11.4. The normalized spacial score (nSPS) is 12.7. The first kappa shape index (κ1) is 14.0. The quantitative estimate of drug-likeness (QED) is 0.665. The Bertz CT molecular complexity index is 506. The van der Waals surface area contributed by atoms with Crippen LogP contribution in [-0.4, -0.2) is 30.8 Å². The number of hydrogen-bond donors (Lipinski definition) is 3. The Labute approximate surface area is 114 Å². The van der Waals surface area contributed by atoms with Crippen LogP contribution in [0.5, 0.6) is 0 Å². The molecule has 0 radical (unpaired) electrons. The van der Waals surface area contributed by atoms with E-state index in [4.69, 9.17) is 5.11 Å². The van der Waals surface area contributed by atoms with Crippen molar-refractivity contribution in [3.63, 3.8) is 0 Å². The van der Waals surface area contributed by atoms with Gasteiger partial charge in [0.2, 0.25) is 0 Å². The molecule has 2 aromatic carbocycles. The van der Waals surface area contributed by atoms with Crippen LogP contribution < -0.4 is 10.6 Å². The van der Waals surface area contributed by atoms with E-state index in [1.54, 1.807) is 6.92 Å². The fourth-order valence-electron chi connectivity index (χ4n) is 2.16. The Morgan fingerprint density at radius 2 is 1.74 bits per heavy atom. The van der Waals surface area contributed by atoms with E-state index in [-0.39, 0.29) is 6.10 Å². The Morgan fingerprint density at radius 1 is 1.00 bits per heavy atom. The molecule has 3 heteroatoms. The maximum atomic E-state index is 9.12. The van der Waals surface area contributed by atoms with Crippen molar-refractivity contribution in [2.24, 2.45) is 0 Å². The lowest BCUT2D eigenvalue weighted by molar-refractivity contribution is 0.191. The van der Waals surface area contributed by atoms with E-state index < -0.39 is 0 Å². The topological polar surface area (TPSA) is 44.3 Å². The Hall–Kier alpha value is -1.42. The number of benzene rings is 2. The minimum absolute atomic E-state index is 0.280. The average molecular weight is 258 g/mol. The minimum atomic E-state index is -0.280. The molecule has 2 aromatic rings.